The van der Waals surface area contributed by atoms with Gasteiger partial charge in [0.1, 0.15) is 38.8 Å². The number of para-hydroxylation sites is 2. The highest BCUT2D eigenvalue weighted by Gasteiger charge is 2.28. The van der Waals surface area contributed by atoms with E-state index in [0.29, 0.717) is 23.9 Å². The van der Waals surface area contributed by atoms with E-state index in [9.17, 15) is 14.7 Å². The smallest absolute Gasteiger partial charge is 0.273 e. The summed E-state index contributed by atoms with van der Waals surface area (Å²) >= 11 is 0. The van der Waals surface area contributed by atoms with Crippen LogP contribution in [-0.2, 0) is 13.1 Å². The number of benzene rings is 2. The highest BCUT2D eigenvalue weighted by atomic mass is 35.5. The van der Waals surface area contributed by atoms with Gasteiger partial charge in [-0.25, -0.2) is 9.36 Å². The minimum Gasteiger partial charge on any atom is -1.00 e. The SMILES string of the molecule is CCn1c(=O)c2ccccc2c(=O)n1CC(O)C[NH+]1CC[NH+](c2ccccc2OC)CC1.[Cl-].[Cl-]. The van der Waals surface area contributed by atoms with Crippen molar-refractivity contribution < 1.29 is 44.5 Å². The van der Waals surface area contributed by atoms with Crippen molar-refractivity contribution >= 4 is 16.5 Å². The zero-order valence-electron chi connectivity index (χ0n) is 19.5. The van der Waals surface area contributed by atoms with E-state index in [-0.39, 0.29) is 42.5 Å². The van der Waals surface area contributed by atoms with E-state index in [1.165, 1.54) is 24.9 Å². The maximum atomic E-state index is 13.0. The molecule has 1 unspecified atom stereocenters. The molecule has 4 rings (SSSR count). The Morgan fingerprint density at radius 2 is 1.47 bits per heavy atom. The summed E-state index contributed by atoms with van der Waals surface area (Å²) in [7, 11) is 1.70. The van der Waals surface area contributed by atoms with E-state index in [1.54, 1.807) is 31.4 Å². The van der Waals surface area contributed by atoms with Gasteiger partial charge in [0.25, 0.3) is 11.1 Å². The fourth-order valence-corrected chi connectivity index (χ4v) is 4.76. The number of aromatic nitrogens is 2. The fraction of sp³-hybridized carbons (Fsp3) is 0.417. The Labute approximate surface area is 211 Å². The Bertz CT molecular complexity index is 1210. The first-order valence-electron chi connectivity index (χ1n) is 11.3. The quantitative estimate of drug-likeness (QED) is 0.295. The molecular formula is C24H32Cl2N4O4. The number of ether oxygens (including phenoxy) is 1. The van der Waals surface area contributed by atoms with Gasteiger partial charge in [0.05, 0.1) is 24.4 Å². The second-order valence-corrected chi connectivity index (χ2v) is 8.37. The van der Waals surface area contributed by atoms with Gasteiger partial charge >= 0.3 is 0 Å². The van der Waals surface area contributed by atoms with Crippen LogP contribution in [0.4, 0.5) is 5.69 Å². The Hall–Kier alpha value is -2.36. The van der Waals surface area contributed by atoms with Gasteiger partial charge in [-0.1, -0.05) is 24.3 Å². The standard InChI is InChI=1S/C24H30N4O4.2ClH/c1-3-27-23(30)19-8-4-5-9-20(19)24(31)28(27)17-18(29)16-25-12-14-26(15-13-25)21-10-6-7-11-22(21)32-2;;/h4-11,18,29H,3,12-17H2,1-2H3;2*1H. The first-order valence-corrected chi connectivity index (χ1v) is 11.3. The van der Waals surface area contributed by atoms with Crippen LogP contribution in [0.2, 0.25) is 0 Å². The second kappa shape index (κ2) is 12.4. The van der Waals surface area contributed by atoms with Crippen LogP contribution in [0.5, 0.6) is 5.75 Å². The average Bonchev–Trinajstić information content (AvgIpc) is 2.83. The topological polar surface area (TPSA) is 82.3 Å². The molecule has 1 aliphatic heterocycles. The summed E-state index contributed by atoms with van der Waals surface area (Å²) in [4.78, 5) is 28.5. The van der Waals surface area contributed by atoms with Gasteiger partial charge in [-0.3, -0.25) is 14.5 Å². The van der Waals surface area contributed by atoms with Crippen LogP contribution < -0.4 is 50.5 Å². The summed E-state index contributed by atoms with van der Waals surface area (Å²) in [6, 6.07) is 15.0. The fourth-order valence-electron chi connectivity index (χ4n) is 4.76. The molecule has 1 atom stereocenters. The summed E-state index contributed by atoms with van der Waals surface area (Å²) in [5.41, 5.74) is 0.738. The Kier molecular flexibility index (Phi) is 10.1. The largest absolute Gasteiger partial charge is 1.00 e. The Balaban J connectivity index is 0.00000204. The molecule has 3 aromatic rings. The van der Waals surface area contributed by atoms with Crippen molar-refractivity contribution in [3.63, 3.8) is 0 Å². The molecule has 0 bridgehead atoms. The number of hydrogen-bond donors (Lipinski definition) is 3. The van der Waals surface area contributed by atoms with Gasteiger partial charge in [-0.15, -0.1) is 0 Å². The van der Waals surface area contributed by atoms with E-state index in [0.717, 1.165) is 31.9 Å². The molecule has 3 N–H and O–H groups in total. The molecular weight excluding hydrogens is 479 g/mol. The number of quaternary nitrogens is 2. The van der Waals surface area contributed by atoms with Crippen molar-refractivity contribution in [2.75, 3.05) is 39.8 Å². The van der Waals surface area contributed by atoms with Crippen LogP contribution in [0.1, 0.15) is 6.92 Å². The summed E-state index contributed by atoms with van der Waals surface area (Å²) in [6.45, 7) is 6.57. The highest BCUT2D eigenvalue weighted by Crippen LogP contribution is 2.18. The van der Waals surface area contributed by atoms with Crippen molar-refractivity contribution in [2.24, 2.45) is 0 Å². The molecule has 2 heterocycles. The summed E-state index contributed by atoms with van der Waals surface area (Å²) in [6.07, 6.45) is -0.714. The van der Waals surface area contributed by atoms with Crippen molar-refractivity contribution in [2.45, 2.75) is 26.1 Å². The number of nitrogens with one attached hydrogen (secondary N) is 2. The van der Waals surface area contributed by atoms with Crippen LogP contribution >= 0.6 is 0 Å². The van der Waals surface area contributed by atoms with Gasteiger partial charge in [0.15, 0.2) is 11.4 Å². The normalized spacial score (nSPS) is 18.6. The second-order valence-electron chi connectivity index (χ2n) is 8.37. The van der Waals surface area contributed by atoms with Crippen molar-refractivity contribution in [1.29, 1.82) is 0 Å². The summed E-state index contributed by atoms with van der Waals surface area (Å²) in [5.74, 6) is 0.902. The zero-order valence-corrected chi connectivity index (χ0v) is 21.0. The van der Waals surface area contributed by atoms with Gasteiger partial charge in [0.2, 0.25) is 0 Å². The Morgan fingerprint density at radius 3 is 2.06 bits per heavy atom. The number of aliphatic hydroxyl groups is 1. The number of hydrogen-bond acceptors (Lipinski definition) is 4. The number of fused-ring (bicyclic) bond motifs is 1. The lowest BCUT2D eigenvalue weighted by Crippen LogP contribution is -3.26. The predicted octanol–water partition coefficient (Wildman–Crippen LogP) is -7.32. The molecule has 186 valence electrons. The minimum absolute atomic E-state index is 0. The maximum absolute atomic E-state index is 13.0. The zero-order chi connectivity index (χ0) is 22.7. The molecule has 1 saturated heterocycles. The van der Waals surface area contributed by atoms with E-state index in [1.807, 2.05) is 25.1 Å². The molecule has 34 heavy (non-hydrogen) atoms. The molecule has 0 spiro atoms. The van der Waals surface area contributed by atoms with Gasteiger partial charge in [0, 0.05) is 12.6 Å². The number of aliphatic hydroxyl groups excluding tert-OH is 1. The van der Waals surface area contributed by atoms with Gasteiger partial charge < -0.3 is 39.6 Å². The number of halogens is 2. The van der Waals surface area contributed by atoms with Crippen LogP contribution in [0.3, 0.4) is 0 Å². The Morgan fingerprint density at radius 1 is 0.912 bits per heavy atom. The van der Waals surface area contributed by atoms with Crippen LogP contribution in [0.25, 0.3) is 10.8 Å². The van der Waals surface area contributed by atoms with Crippen molar-refractivity contribution in [3.8, 4) is 5.75 Å². The highest BCUT2D eigenvalue weighted by molar-refractivity contribution is 5.80. The van der Waals surface area contributed by atoms with E-state index >= 15 is 0 Å². The van der Waals surface area contributed by atoms with Crippen molar-refractivity contribution in [3.05, 3.63) is 69.2 Å². The molecule has 0 aliphatic carbocycles. The minimum atomic E-state index is -0.714. The number of piperazine rings is 1. The van der Waals surface area contributed by atoms with E-state index in [2.05, 4.69) is 6.07 Å². The third-order valence-electron chi connectivity index (χ3n) is 6.40. The molecule has 8 nitrogen and oxygen atoms in total. The molecule has 2 aromatic carbocycles. The van der Waals surface area contributed by atoms with Crippen molar-refractivity contribution in [1.82, 2.24) is 9.36 Å². The van der Waals surface area contributed by atoms with E-state index in [4.69, 9.17) is 4.74 Å². The first kappa shape index (κ1) is 27.9. The summed E-state index contributed by atoms with van der Waals surface area (Å²) < 4.78 is 8.35. The van der Waals surface area contributed by atoms with Crippen LogP contribution in [0.15, 0.2) is 58.1 Å². The number of nitrogens with zero attached hydrogens (tertiary/aromatic N) is 2. The summed E-state index contributed by atoms with van der Waals surface area (Å²) in [5, 5.41) is 11.6. The third kappa shape index (κ3) is 5.64. The lowest BCUT2D eigenvalue weighted by atomic mass is 10.2. The van der Waals surface area contributed by atoms with Crippen LogP contribution in [-0.4, -0.2) is 60.4 Å². The number of methoxy groups -OCH3 is 1. The van der Waals surface area contributed by atoms with Gasteiger partial charge in [-0.2, -0.15) is 0 Å². The molecule has 0 saturated carbocycles. The lowest BCUT2D eigenvalue weighted by molar-refractivity contribution is -0.988. The molecule has 1 aliphatic rings. The van der Waals surface area contributed by atoms with Gasteiger partial charge in [-0.05, 0) is 25.1 Å². The lowest BCUT2D eigenvalue weighted by Gasteiger charge is -2.31. The van der Waals surface area contributed by atoms with E-state index < -0.39 is 6.10 Å². The molecule has 10 heteroatoms. The predicted molar refractivity (Wildman–Crippen MR) is 123 cm³/mol. The maximum Gasteiger partial charge on any atom is 0.273 e. The number of rotatable bonds is 7. The molecule has 1 fully saturated rings. The monoisotopic (exact) mass is 510 g/mol. The average molecular weight is 511 g/mol. The first-order chi connectivity index (χ1) is 15.5. The molecule has 1 aromatic heterocycles. The molecule has 0 radical (unpaired) electrons. The third-order valence-corrected chi connectivity index (χ3v) is 6.40. The molecule has 0 amide bonds. The van der Waals surface area contributed by atoms with Crippen LogP contribution in [0, 0.1) is 0 Å².